The standard InChI is InChI=1S/C16H26N2/c17-16-10-8-15(9-11-16)7-6-14-18-12-4-2-1-3-5-13-18/h8-11H,1-7,12-14,17H2. The molecule has 1 aliphatic rings. The van der Waals surface area contributed by atoms with Crippen LogP contribution in [0.5, 0.6) is 0 Å². The third kappa shape index (κ3) is 4.69. The minimum Gasteiger partial charge on any atom is -0.399 e. The van der Waals surface area contributed by atoms with Gasteiger partial charge in [0, 0.05) is 5.69 Å². The van der Waals surface area contributed by atoms with E-state index >= 15 is 0 Å². The van der Waals surface area contributed by atoms with Crippen LogP contribution in [0.25, 0.3) is 0 Å². The molecule has 0 unspecified atom stereocenters. The maximum Gasteiger partial charge on any atom is 0.0314 e. The minimum atomic E-state index is 0.863. The smallest absolute Gasteiger partial charge is 0.0314 e. The average molecular weight is 246 g/mol. The Kier molecular flexibility index (Phi) is 5.53. The van der Waals surface area contributed by atoms with Crippen molar-refractivity contribution < 1.29 is 0 Å². The molecule has 1 heterocycles. The molecule has 2 heteroatoms. The number of benzene rings is 1. The van der Waals surface area contributed by atoms with Crippen molar-refractivity contribution in [2.75, 3.05) is 25.4 Å². The number of anilines is 1. The summed E-state index contributed by atoms with van der Waals surface area (Å²) in [6.45, 7) is 3.87. The quantitative estimate of drug-likeness (QED) is 0.824. The maximum absolute atomic E-state index is 5.70. The predicted octanol–water partition coefficient (Wildman–Crippen LogP) is 3.47. The third-order valence-electron chi connectivity index (χ3n) is 3.87. The summed E-state index contributed by atoms with van der Waals surface area (Å²) in [6.07, 6.45) is 9.52. The van der Waals surface area contributed by atoms with Crippen LogP contribution in [0.1, 0.15) is 44.1 Å². The van der Waals surface area contributed by atoms with E-state index in [4.69, 9.17) is 5.73 Å². The molecule has 0 aromatic heterocycles. The van der Waals surface area contributed by atoms with Gasteiger partial charge in [0.2, 0.25) is 0 Å². The Morgan fingerprint density at radius 1 is 0.889 bits per heavy atom. The lowest BCUT2D eigenvalue weighted by atomic mass is 10.1. The first-order valence-corrected chi connectivity index (χ1v) is 7.41. The Bertz CT molecular complexity index is 323. The molecule has 0 saturated carbocycles. The van der Waals surface area contributed by atoms with Crippen LogP contribution in [0, 0.1) is 0 Å². The Morgan fingerprint density at radius 3 is 2.17 bits per heavy atom. The summed E-state index contributed by atoms with van der Waals surface area (Å²) in [5, 5.41) is 0. The molecule has 1 fully saturated rings. The van der Waals surface area contributed by atoms with E-state index in [1.54, 1.807) is 0 Å². The first-order valence-electron chi connectivity index (χ1n) is 7.41. The molecule has 18 heavy (non-hydrogen) atoms. The average Bonchev–Trinajstić information content (AvgIpc) is 2.34. The van der Waals surface area contributed by atoms with Gasteiger partial charge < -0.3 is 10.6 Å². The number of nitrogens with two attached hydrogens (primary N) is 1. The van der Waals surface area contributed by atoms with Gasteiger partial charge in [-0.15, -0.1) is 0 Å². The second kappa shape index (κ2) is 7.42. The van der Waals surface area contributed by atoms with Crippen LogP contribution in [0.3, 0.4) is 0 Å². The fourth-order valence-electron chi connectivity index (χ4n) is 2.73. The number of aryl methyl sites for hydroxylation is 1. The lowest BCUT2D eigenvalue weighted by Crippen LogP contribution is -2.28. The summed E-state index contributed by atoms with van der Waals surface area (Å²) in [5.74, 6) is 0. The Balaban J connectivity index is 1.68. The van der Waals surface area contributed by atoms with Gasteiger partial charge in [0.15, 0.2) is 0 Å². The molecule has 0 bridgehead atoms. The summed E-state index contributed by atoms with van der Waals surface area (Å²) >= 11 is 0. The predicted molar refractivity (Wildman–Crippen MR) is 78.7 cm³/mol. The number of rotatable bonds is 4. The molecule has 2 rings (SSSR count). The van der Waals surface area contributed by atoms with E-state index in [-0.39, 0.29) is 0 Å². The molecule has 1 aromatic carbocycles. The Morgan fingerprint density at radius 2 is 1.50 bits per heavy atom. The fourth-order valence-corrected chi connectivity index (χ4v) is 2.73. The van der Waals surface area contributed by atoms with Gasteiger partial charge in [0.1, 0.15) is 0 Å². The molecular weight excluding hydrogens is 220 g/mol. The van der Waals surface area contributed by atoms with Crippen LogP contribution in [0.2, 0.25) is 0 Å². The van der Waals surface area contributed by atoms with E-state index in [0.717, 1.165) is 5.69 Å². The zero-order valence-electron chi connectivity index (χ0n) is 11.4. The van der Waals surface area contributed by atoms with Crippen LogP contribution in [-0.4, -0.2) is 24.5 Å². The van der Waals surface area contributed by atoms with Crippen molar-refractivity contribution >= 4 is 5.69 Å². The van der Waals surface area contributed by atoms with Gasteiger partial charge in [-0.25, -0.2) is 0 Å². The monoisotopic (exact) mass is 246 g/mol. The Hall–Kier alpha value is -1.02. The summed E-state index contributed by atoms with van der Waals surface area (Å²) < 4.78 is 0. The van der Waals surface area contributed by atoms with Crippen LogP contribution in [0.4, 0.5) is 5.69 Å². The topological polar surface area (TPSA) is 29.3 Å². The highest BCUT2D eigenvalue weighted by Gasteiger charge is 2.07. The lowest BCUT2D eigenvalue weighted by Gasteiger charge is -2.24. The molecule has 0 amide bonds. The van der Waals surface area contributed by atoms with Gasteiger partial charge in [0.25, 0.3) is 0 Å². The molecule has 1 aliphatic heterocycles. The molecule has 0 aliphatic carbocycles. The van der Waals surface area contributed by atoms with Gasteiger partial charge in [-0.1, -0.05) is 31.4 Å². The minimum absolute atomic E-state index is 0.863. The summed E-state index contributed by atoms with van der Waals surface area (Å²) in [5.41, 5.74) is 7.97. The van der Waals surface area contributed by atoms with Crippen molar-refractivity contribution in [2.24, 2.45) is 0 Å². The van der Waals surface area contributed by atoms with E-state index in [9.17, 15) is 0 Å². The number of hydrogen-bond acceptors (Lipinski definition) is 2. The largest absolute Gasteiger partial charge is 0.399 e. The zero-order valence-corrected chi connectivity index (χ0v) is 11.4. The SMILES string of the molecule is Nc1ccc(CCCN2CCCCCCC2)cc1. The molecule has 2 N–H and O–H groups in total. The first kappa shape index (κ1) is 13.4. The summed E-state index contributed by atoms with van der Waals surface area (Å²) in [4.78, 5) is 2.65. The molecule has 0 radical (unpaired) electrons. The van der Waals surface area contributed by atoms with Crippen molar-refractivity contribution in [2.45, 2.75) is 44.9 Å². The van der Waals surface area contributed by atoms with Crippen molar-refractivity contribution in [3.63, 3.8) is 0 Å². The van der Waals surface area contributed by atoms with Crippen molar-refractivity contribution in [3.8, 4) is 0 Å². The molecular formula is C16H26N2. The first-order chi connectivity index (χ1) is 8.84. The Labute approximate surface area is 111 Å². The summed E-state index contributed by atoms with van der Waals surface area (Å²) in [6, 6.07) is 8.32. The van der Waals surface area contributed by atoms with E-state index in [1.807, 2.05) is 12.1 Å². The van der Waals surface area contributed by atoms with Gasteiger partial charge in [0.05, 0.1) is 0 Å². The highest BCUT2D eigenvalue weighted by atomic mass is 15.1. The maximum atomic E-state index is 5.70. The van der Waals surface area contributed by atoms with Gasteiger partial charge in [-0.05, 0) is 63.0 Å². The van der Waals surface area contributed by atoms with Gasteiger partial charge in [-0.3, -0.25) is 0 Å². The van der Waals surface area contributed by atoms with E-state index < -0.39 is 0 Å². The third-order valence-corrected chi connectivity index (χ3v) is 3.87. The van der Waals surface area contributed by atoms with Gasteiger partial charge in [-0.2, -0.15) is 0 Å². The summed E-state index contributed by atoms with van der Waals surface area (Å²) in [7, 11) is 0. The molecule has 0 spiro atoms. The molecule has 1 saturated heterocycles. The highest BCUT2D eigenvalue weighted by Crippen LogP contribution is 2.12. The van der Waals surface area contributed by atoms with Crippen molar-refractivity contribution in [1.82, 2.24) is 4.90 Å². The van der Waals surface area contributed by atoms with Crippen LogP contribution in [0.15, 0.2) is 24.3 Å². The van der Waals surface area contributed by atoms with Gasteiger partial charge >= 0.3 is 0 Å². The number of likely N-dealkylation sites (tertiary alicyclic amines) is 1. The van der Waals surface area contributed by atoms with Crippen LogP contribution >= 0.6 is 0 Å². The van der Waals surface area contributed by atoms with E-state index in [1.165, 1.54) is 70.1 Å². The number of nitrogen functional groups attached to an aromatic ring is 1. The normalized spacial score (nSPS) is 18.2. The fraction of sp³-hybridized carbons (Fsp3) is 0.625. The van der Waals surface area contributed by atoms with E-state index in [2.05, 4.69) is 17.0 Å². The second-order valence-corrected chi connectivity index (χ2v) is 5.45. The molecule has 0 atom stereocenters. The van der Waals surface area contributed by atoms with Crippen molar-refractivity contribution in [3.05, 3.63) is 29.8 Å². The molecule has 2 nitrogen and oxygen atoms in total. The van der Waals surface area contributed by atoms with E-state index in [0.29, 0.717) is 0 Å². The number of hydrogen-bond donors (Lipinski definition) is 1. The lowest BCUT2D eigenvalue weighted by molar-refractivity contribution is 0.245. The zero-order chi connectivity index (χ0) is 12.6. The van der Waals surface area contributed by atoms with Crippen molar-refractivity contribution in [1.29, 1.82) is 0 Å². The second-order valence-electron chi connectivity index (χ2n) is 5.45. The highest BCUT2D eigenvalue weighted by molar-refractivity contribution is 5.39. The molecule has 100 valence electrons. The number of nitrogens with zero attached hydrogens (tertiary/aromatic N) is 1. The van der Waals surface area contributed by atoms with Crippen LogP contribution < -0.4 is 5.73 Å². The van der Waals surface area contributed by atoms with Crippen LogP contribution in [-0.2, 0) is 6.42 Å². The molecule has 1 aromatic rings.